The maximum Gasteiger partial charge on any atom is 0.243 e. The minimum absolute atomic E-state index is 0.128. The standard InChI is InChI=1S/C12H23N3O2/c1-6-16-10(8(4)5)11-14-12(17-15-11)9(13)7(2)3/h7-10H,6,13H2,1-5H3. The molecule has 17 heavy (non-hydrogen) atoms. The van der Waals surface area contributed by atoms with E-state index in [2.05, 4.69) is 24.0 Å². The van der Waals surface area contributed by atoms with Crippen LogP contribution in [-0.4, -0.2) is 16.7 Å². The second-order valence-corrected chi connectivity index (χ2v) is 4.88. The fraction of sp³-hybridized carbons (Fsp3) is 0.833. The molecule has 0 saturated heterocycles. The Labute approximate surface area is 103 Å². The summed E-state index contributed by atoms with van der Waals surface area (Å²) in [5.74, 6) is 1.65. The molecular weight excluding hydrogens is 218 g/mol. The normalized spacial score (nSPS) is 15.5. The summed E-state index contributed by atoms with van der Waals surface area (Å²) in [5, 5.41) is 3.97. The highest BCUT2D eigenvalue weighted by Gasteiger charge is 2.24. The van der Waals surface area contributed by atoms with Crippen molar-refractivity contribution in [3.63, 3.8) is 0 Å². The average Bonchev–Trinajstić information content (AvgIpc) is 2.73. The van der Waals surface area contributed by atoms with Gasteiger partial charge in [0.15, 0.2) is 0 Å². The Morgan fingerprint density at radius 1 is 1.24 bits per heavy atom. The number of ether oxygens (including phenoxy) is 1. The van der Waals surface area contributed by atoms with Crippen LogP contribution in [0, 0.1) is 11.8 Å². The van der Waals surface area contributed by atoms with Crippen molar-refractivity contribution in [2.45, 2.75) is 46.8 Å². The second-order valence-electron chi connectivity index (χ2n) is 4.88. The van der Waals surface area contributed by atoms with Gasteiger partial charge in [-0.2, -0.15) is 4.98 Å². The molecule has 1 aromatic heterocycles. The highest BCUT2D eigenvalue weighted by Crippen LogP contribution is 2.25. The molecule has 5 nitrogen and oxygen atoms in total. The van der Waals surface area contributed by atoms with Crippen molar-refractivity contribution >= 4 is 0 Å². The maximum absolute atomic E-state index is 5.96. The van der Waals surface area contributed by atoms with E-state index in [9.17, 15) is 0 Å². The van der Waals surface area contributed by atoms with Crippen LogP contribution in [0.2, 0.25) is 0 Å². The van der Waals surface area contributed by atoms with Crippen LogP contribution >= 0.6 is 0 Å². The van der Waals surface area contributed by atoms with E-state index in [1.165, 1.54) is 0 Å². The molecule has 0 saturated carbocycles. The molecule has 0 aliphatic heterocycles. The average molecular weight is 241 g/mol. The number of hydrogen-bond acceptors (Lipinski definition) is 5. The van der Waals surface area contributed by atoms with Gasteiger partial charge < -0.3 is 15.0 Å². The highest BCUT2D eigenvalue weighted by molar-refractivity contribution is 4.97. The maximum atomic E-state index is 5.96. The Bertz CT molecular complexity index is 336. The monoisotopic (exact) mass is 241 g/mol. The summed E-state index contributed by atoms with van der Waals surface area (Å²) in [6.07, 6.45) is -0.128. The summed E-state index contributed by atoms with van der Waals surface area (Å²) in [4.78, 5) is 4.34. The van der Waals surface area contributed by atoms with E-state index in [1.54, 1.807) is 0 Å². The lowest BCUT2D eigenvalue weighted by Gasteiger charge is -2.16. The first kappa shape index (κ1) is 14.1. The summed E-state index contributed by atoms with van der Waals surface area (Å²) < 4.78 is 10.8. The number of rotatable bonds is 6. The van der Waals surface area contributed by atoms with Crippen LogP contribution in [0.4, 0.5) is 0 Å². The van der Waals surface area contributed by atoms with Gasteiger partial charge in [-0.15, -0.1) is 0 Å². The highest BCUT2D eigenvalue weighted by atomic mass is 16.5. The Morgan fingerprint density at radius 3 is 2.35 bits per heavy atom. The lowest BCUT2D eigenvalue weighted by molar-refractivity contribution is 0.0217. The fourth-order valence-corrected chi connectivity index (χ4v) is 1.53. The first-order chi connectivity index (χ1) is 7.97. The van der Waals surface area contributed by atoms with Crippen molar-refractivity contribution in [2.75, 3.05) is 6.61 Å². The molecule has 0 aliphatic carbocycles. The third kappa shape index (κ3) is 3.51. The molecular formula is C12H23N3O2. The third-order valence-corrected chi connectivity index (χ3v) is 2.67. The van der Waals surface area contributed by atoms with Crippen molar-refractivity contribution < 1.29 is 9.26 Å². The molecule has 2 atom stereocenters. The summed E-state index contributed by atoms with van der Waals surface area (Å²) >= 11 is 0. The van der Waals surface area contributed by atoms with Gasteiger partial charge in [0, 0.05) is 6.61 Å². The predicted octanol–water partition coefficient (Wildman–Crippen LogP) is 2.46. The van der Waals surface area contributed by atoms with Crippen molar-refractivity contribution in [3.8, 4) is 0 Å². The van der Waals surface area contributed by atoms with Crippen LogP contribution in [0.1, 0.15) is 58.5 Å². The molecule has 1 heterocycles. The molecule has 1 aromatic rings. The molecule has 2 unspecified atom stereocenters. The van der Waals surface area contributed by atoms with Crippen molar-refractivity contribution in [1.82, 2.24) is 10.1 Å². The van der Waals surface area contributed by atoms with Gasteiger partial charge in [-0.3, -0.25) is 0 Å². The van der Waals surface area contributed by atoms with Crippen molar-refractivity contribution in [2.24, 2.45) is 17.6 Å². The molecule has 0 spiro atoms. The van der Waals surface area contributed by atoms with E-state index < -0.39 is 0 Å². The molecule has 0 radical (unpaired) electrons. The first-order valence-electron chi connectivity index (χ1n) is 6.18. The zero-order valence-electron chi connectivity index (χ0n) is 11.3. The molecule has 0 bridgehead atoms. The molecule has 1 rings (SSSR count). The lowest BCUT2D eigenvalue weighted by Crippen LogP contribution is -2.18. The smallest absolute Gasteiger partial charge is 0.243 e. The fourth-order valence-electron chi connectivity index (χ4n) is 1.53. The minimum Gasteiger partial charge on any atom is -0.370 e. The third-order valence-electron chi connectivity index (χ3n) is 2.67. The summed E-state index contributed by atoms with van der Waals surface area (Å²) in [7, 11) is 0. The molecule has 0 aliphatic rings. The molecule has 5 heteroatoms. The van der Waals surface area contributed by atoms with E-state index >= 15 is 0 Å². The Hall–Kier alpha value is -0.940. The van der Waals surface area contributed by atoms with Crippen LogP contribution in [0.5, 0.6) is 0 Å². The number of aromatic nitrogens is 2. The number of hydrogen-bond donors (Lipinski definition) is 1. The predicted molar refractivity (Wildman–Crippen MR) is 65.3 cm³/mol. The van der Waals surface area contributed by atoms with E-state index in [1.807, 2.05) is 20.8 Å². The van der Waals surface area contributed by atoms with Gasteiger partial charge in [0.25, 0.3) is 0 Å². The van der Waals surface area contributed by atoms with Crippen LogP contribution in [-0.2, 0) is 4.74 Å². The van der Waals surface area contributed by atoms with Crippen LogP contribution < -0.4 is 5.73 Å². The Balaban J connectivity index is 2.84. The van der Waals surface area contributed by atoms with Gasteiger partial charge in [0.1, 0.15) is 6.10 Å². The van der Waals surface area contributed by atoms with Crippen LogP contribution in [0.15, 0.2) is 4.52 Å². The quantitative estimate of drug-likeness (QED) is 0.828. The van der Waals surface area contributed by atoms with Gasteiger partial charge in [-0.05, 0) is 18.8 Å². The number of nitrogens with zero attached hydrogens (tertiary/aromatic N) is 2. The molecule has 0 fully saturated rings. The second kappa shape index (κ2) is 6.12. The van der Waals surface area contributed by atoms with Gasteiger partial charge in [0.2, 0.25) is 11.7 Å². The van der Waals surface area contributed by atoms with E-state index in [4.69, 9.17) is 15.0 Å². The van der Waals surface area contributed by atoms with Gasteiger partial charge in [0.05, 0.1) is 6.04 Å². The largest absolute Gasteiger partial charge is 0.370 e. The summed E-state index contributed by atoms with van der Waals surface area (Å²) in [5.41, 5.74) is 5.96. The van der Waals surface area contributed by atoms with Crippen LogP contribution in [0.25, 0.3) is 0 Å². The molecule has 0 aromatic carbocycles. The summed E-state index contributed by atoms with van der Waals surface area (Å²) in [6, 6.07) is -0.217. The summed E-state index contributed by atoms with van der Waals surface area (Å²) in [6.45, 7) is 10.8. The zero-order chi connectivity index (χ0) is 13.0. The van der Waals surface area contributed by atoms with Gasteiger partial charge >= 0.3 is 0 Å². The topological polar surface area (TPSA) is 74.2 Å². The van der Waals surface area contributed by atoms with E-state index in [0.717, 1.165) is 0 Å². The Morgan fingerprint density at radius 2 is 1.88 bits per heavy atom. The first-order valence-corrected chi connectivity index (χ1v) is 6.18. The van der Waals surface area contributed by atoms with Crippen LogP contribution in [0.3, 0.4) is 0 Å². The Kier molecular flexibility index (Phi) is 5.08. The van der Waals surface area contributed by atoms with E-state index in [0.29, 0.717) is 24.2 Å². The molecule has 0 amide bonds. The van der Waals surface area contributed by atoms with E-state index in [-0.39, 0.29) is 18.1 Å². The zero-order valence-corrected chi connectivity index (χ0v) is 11.3. The lowest BCUT2D eigenvalue weighted by atomic mass is 10.1. The van der Waals surface area contributed by atoms with Gasteiger partial charge in [-0.1, -0.05) is 32.9 Å². The number of nitrogens with two attached hydrogens (primary N) is 1. The SMILES string of the molecule is CCOC(c1noc(C(N)C(C)C)n1)C(C)C. The minimum atomic E-state index is -0.217. The van der Waals surface area contributed by atoms with Crippen molar-refractivity contribution in [3.05, 3.63) is 11.7 Å². The van der Waals surface area contributed by atoms with Crippen molar-refractivity contribution in [1.29, 1.82) is 0 Å². The molecule has 2 N–H and O–H groups in total. The molecule has 98 valence electrons. The van der Waals surface area contributed by atoms with Gasteiger partial charge in [-0.25, -0.2) is 0 Å².